The largest absolute Gasteiger partial charge is 0.348 e. The fraction of sp³-hybridized carbons (Fsp3) is 0.786. The van der Waals surface area contributed by atoms with E-state index in [0.29, 0.717) is 0 Å². The third-order valence-corrected chi connectivity index (χ3v) is 4.83. The van der Waals surface area contributed by atoms with Crippen LogP contribution < -0.4 is 10.2 Å². The molecule has 1 N–H and O–H groups in total. The van der Waals surface area contributed by atoms with E-state index in [1.165, 1.54) is 35.0 Å². The first-order valence-electron chi connectivity index (χ1n) is 6.81. The maximum Gasteiger partial charge on any atom is 0.185 e. The molecule has 0 aromatic carbocycles. The fourth-order valence-corrected chi connectivity index (χ4v) is 3.04. The third kappa shape index (κ3) is 3.23. The van der Waals surface area contributed by atoms with Crippen molar-refractivity contribution in [3.8, 4) is 0 Å². The van der Waals surface area contributed by atoms with Gasteiger partial charge in [0.15, 0.2) is 5.13 Å². The second kappa shape index (κ2) is 5.17. The van der Waals surface area contributed by atoms with E-state index in [1.54, 1.807) is 0 Å². The second-order valence-corrected chi connectivity index (χ2v) is 7.37. The van der Waals surface area contributed by atoms with Crippen LogP contribution in [0.1, 0.15) is 50.6 Å². The van der Waals surface area contributed by atoms with Crippen molar-refractivity contribution >= 4 is 16.5 Å². The fourth-order valence-electron chi connectivity index (χ4n) is 2.00. The SMILES string of the molecule is Cc1nc(N(C)C2CCC2)sc1CNC(C)(C)C. The third-order valence-electron chi connectivity index (χ3n) is 3.58. The molecule has 4 heteroatoms. The summed E-state index contributed by atoms with van der Waals surface area (Å²) in [6.45, 7) is 9.64. The van der Waals surface area contributed by atoms with E-state index in [-0.39, 0.29) is 5.54 Å². The molecule has 0 aliphatic heterocycles. The van der Waals surface area contributed by atoms with Crippen LogP contribution in [0.5, 0.6) is 0 Å². The summed E-state index contributed by atoms with van der Waals surface area (Å²) in [5.41, 5.74) is 1.34. The summed E-state index contributed by atoms with van der Waals surface area (Å²) in [5, 5.41) is 4.72. The monoisotopic (exact) mass is 267 g/mol. The molecule has 0 atom stereocenters. The molecule has 0 saturated heterocycles. The number of anilines is 1. The summed E-state index contributed by atoms with van der Waals surface area (Å²) in [7, 11) is 2.18. The number of thiazole rings is 1. The van der Waals surface area contributed by atoms with Crippen molar-refractivity contribution in [1.82, 2.24) is 10.3 Å². The molecule has 0 spiro atoms. The number of rotatable bonds is 4. The molecule has 0 unspecified atom stereocenters. The zero-order valence-corrected chi connectivity index (χ0v) is 13.0. The predicted octanol–water partition coefficient (Wildman–Crippen LogP) is 3.33. The summed E-state index contributed by atoms with van der Waals surface area (Å²) in [4.78, 5) is 8.45. The number of aromatic nitrogens is 1. The lowest BCUT2D eigenvalue weighted by atomic mass is 9.92. The molecule has 1 saturated carbocycles. The summed E-state index contributed by atoms with van der Waals surface area (Å²) in [5.74, 6) is 0. The standard InChI is InChI=1S/C14H25N3S/c1-10-12(9-15-14(2,3)4)18-13(16-10)17(5)11-7-6-8-11/h11,15H,6-9H2,1-5H3. The van der Waals surface area contributed by atoms with Gasteiger partial charge in [0.1, 0.15) is 0 Å². The summed E-state index contributed by atoms with van der Waals surface area (Å²) in [6, 6.07) is 0.721. The minimum absolute atomic E-state index is 0.163. The van der Waals surface area contributed by atoms with Crippen LogP contribution >= 0.6 is 11.3 Å². The van der Waals surface area contributed by atoms with E-state index in [1.807, 2.05) is 11.3 Å². The number of hydrogen-bond donors (Lipinski definition) is 1. The second-order valence-electron chi connectivity index (χ2n) is 6.30. The van der Waals surface area contributed by atoms with Gasteiger partial charge in [0.05, 0.1) is 5.69 Å². The van der Waals surface area contributed by atoms with Gasteiger partial charge in [0, 0.05) is 30.1 Å². The number of nitrogens with one attached hydrogen (secondary N) is 1. The Kier molecular flexibility index (Phi) is 3.97. The van der Waals surface area contributed by atoms with Gasteiger partial charge in [-0.3, -0.25) is 0 Å². The number of aryl methyl sites for hydroxylation is 1. The lowest BCUT2D eigenvalue weighted by Gasteiger charge is -2.34. The smallest absolute Gasteiger partial charge is 0.185 e. The first-order valence-corrected chi connectivity index (χ1v) is 7.62. The van der Waals surface area contributed by atoms with E-state index in [0.717, 1.165) is 12.6 Å². The van der Waals surface area contributed by atoms with Crippen LogP contribution in [0, 0.1) is 6.92 Å². The van der Waals surface area contributed by atoms with Crippen LogP contribution in [0.25, 0.3) is 0 Å². The molecule has 0 bridgehead atoms. The van der Waals surface area contributed by atoms with Crippen LogP contribution in [-0.4, -0.2) is 23.6 Å². The van der Waals surface area contributed by atoms with Gasteiger partial charge in [-0.25, -0.2) is 4.98 Å². The molecule has 0 radical (unpaired) electrons. The van der Waals surface area contributed by atoms with Crippen molar-refractivity contribution in [2.24, 2.45) is 0 Å². The van der Waals surface area contributed by atoms with E-state index in [9.17, 15) is 0 Å². The average molecular weight is 267 g/mol. The quantitative estimate of drug-likeness (QED) is 0.907. The maximum absolute atomic E-state index is 4.72. The highest BCUT2D eigenvalue weighted by Gasteiger charge is 2.24. The molecule has 0 amide bonds. The van der Waals surface area contributed by atoms with Gasteiger partial charge in [-0.05, 0) is 47.0 Å². The normalized spacial score (nSPS) is 16.7. The molecule has 18 heavy (non-hydrogen) atoms. The topological polar surface area (TPSA) is 28.2 Å². The van der Waals surface area contributed by atoms with Gasteiger partial charge >= 0.3 is 0 Å². The van der Waals surface area contributed by atoms with Crippen molar-refractivity contribution in [1.29, 1.82) is 0 Å². The minimum Gasteiger partial charge on any atom is -0.348 e. The van der Waals surface area contributed by atoms with Crippen LogP contribution in [-0.2, 0) is 6.54 Å². The zero-order valence-electron chi connectivity index (χ0n) is 12.2. The number of hydrogen-bond acceptors (Lipinski definition) is 4. The van der Waals surface area contributed by atoms with Crippen molar-refractivity contribution in [2.75, 3.05) is 11.9 Å². The van der Waals surface area contributed by atoms with E-state index in [2.05, 4.69) is 45.0 Å². The Balaban J connectivity index is 2.02. The molecule has 1 aliphatic rings. The van der Waals surface area contributed by atoms with Gasteiger partial charge < -0.3 is 10.2 Å². The first kappa shape index (κ1) is 13.8. The van der Waals surface area contributed by atoms with Crippen LogP contribution in [0.4, 0.5) is 5.13 Å². The van der Waals surface area contributed by atoms with Gasteiger partial charge in [-0.2, -0.15) is 0 Å². The highest BCUT2D eigenvalue weighted by atomic mass is 32.1. The Morgan fingerprint density at radius 1 is 1.39 bits per heavy atom. The molecule has 1 fully saturated rings. The van der Waals surface area contributed by atoms with Gasteiger partial charge in [-0.15, -0.1) is 11.3 Å². The van der Waals surface area contributed by atoms with Crippen LogP contribution in [0.2, 0.25) is 0 Å². The van der Waals surface area contributed by atoms with E-state index in [4.69, 9.17) is 4.98 Å². The van der Waals surface area contributed by atoms with Crippen molar-refractivity contribution in [3.63, 3.8) is 0 Å². The van der Waals surface area contributed by atoms with E-state index < -0.39 is 0 Å². The summed E-state index contributed by atoms with van der Waals surface area (Å²) in [6.07, 6.45) is 4.02. The Hall–Kier alpha value is -0.610. The Morgan fingerprint density at radius 2 is 2.06 bits per heavy atom. The molecule has 1 aromatic rings. The van der Waals surface area contributed by atoms with Crippen molar-refractivity contribution < 1.29 is 0 Å². The van der Waals surface area contributed by atoms with Crippen LogP contribution in [0.3, 0.4) is 0 Å². The molecule has 102 valence electrons. The number of nitrogens with zero attached hydrogens (tertiary/aromatic N) is 2. The molecule has 2 rings (SSSR count). The van der Waals surface area contributed by atoms with Gasteiger partial charge in [0.2, 0.25) is 0 Å². The average Bonchev–Trinajstić information content (AvgIpc) is 2.53. The Morgan fingerprint density at radius 3 is 2.56 bits per heavy atom. The Bertz CT molecular complexity index is 402. The van der Waals surface area contributed by atoms with Crippen LogP contribution in [0.15, 0.2) is 0 Å². The lowest BCUT2D eigenvalue weighted by molar-refractivity contribution is 0.401. The molecular weight excluding hydrogens is 242 g/mol. The highest BCUT2D eigenvalue weighted by molar-refractivity contribution is 7.15. The van der Waals surface area contributed by atoms with Gasteiger partial charge in [0.25, 0.3) is 0 Å². The maximum atomic E-state index is 4.72. The lowest BCUT2D eigenvalue weighted by Crippen LogP contribution is -2.37. The zero-order chi connectivity index (χ0) is 13.3. The predicted molar refractivity (Wildman–Crippen MR) is 79.5 cm³/mol. The Labute approximate surface area is 115 Å². The van der Waals surface area contributed by atoms with Crippen molar-refractivity contribution in [3.05, 3.63) is 10.6 Å². The molecule has 1 aromatic heterocycles. The molecule has 1 heterocycles. The minimum atomic E-state index is 0.163. The van der Waals surface area contributed by atoms with Gasteiger partial charge in [-0.1, -0.05) is 0 Å². The highest BCUT2D eigenvalue weighted by Crippen LogP contribution is 2.32. The first-order chi connectivity index (χ1) is 8.37. The molecule has 1 aliphatic carbocycles. The summed E-state index contributed by atoms with van der Waals surface area (Å²) < 4.78 is 0. The van der Waals surface area contributed by atoms with Crippen molar-refractivity contribution in [2.45, 2.75) is 65.1 Å². The molecular formula is C14H25N3S. The summed E-state index contributed by atoms with van der Waals surface area (Å²) >= 11 is 1.84. The molecule has 3 nitrogen and oxygen atoms in total. The van der Waals surface area contributed by atoms with E-state index >= 15 is 0 Å².